The zero-order valence-electron chi connectivity index (χ0n) is 15.6. The summed E-state index contributed by atoms with van der Waals surface area (Å²) in [5.41, 5.74) is 6.80. The number of primary amides is 1. The van der Waals surface area contributed by atoms with E-state index >= 15 is 0 Å². The standard InChI is InChI=1S/C20H21FN6O2/c21-14-8-24-20-25-12-3-1-2-9(5-12)19(29)23-7-11-4-10-6-13(11)16(15(10)17(22)28)26-18(14)27-20/h1-3,5,8,10-11,13,15-16H,4,6-7H2,(H2,22,28)(H,23,29)(H2,24,25,26,27)/t10-,11-,13+,15-,16+/m0/s1. The molecule has 5 atom stereocenters. The molecule has 2 aromatic rings. The van der Waals surface area contributed by atoms with Crippen molar-refractivity contribution in [2.75, 3.05) is 17.2 Å². The summed E-state index contributed by atoms with van der Waals surface area (Å²) in [5.74, 6) is -0.891. The van der Waals surface area contributed by atoms with Crippen molar-refractivity contribution in [3.05, 3.63) is 41.8 Å². The Morgan fingerprint density at radius 1 is 1.24 bits per heavy atom. The molecule has 0 saturated heterocycles. The Morgan fingerprint density at radius 2 is 2.10 bits per heavy atom. The van der Waals surface area contributed by atoms with Crippen molar-refractivity contribution in [1.29, 1.82) is 0 Å². The number of amides is 2. The molecule has 5 rings (SSSR count). The molecule has 0 radical (unpaired) electrons. The van der Waals surface area contributed by atoms with E-state index < -0.39 is 11.7 Å². The fourth-order valence-electron chi connectivity index (χ4n) is 5.21. The molecule has 1 aromatic heterocycles. The van der Waals surface area contributed by atoms with Crippen molar-refractivity contribution in [3.63, 3.8) is 0 Å². The highest BCUT2D eigenvalue weighted by Crippen LogP contribution is 2.52. The van der Waals surface area contributed by atoms with Crippen molar-refractivity contribution >= 4 is 29.3 Å². The molecular formula is C20H21FN6O2. The van der Waals surface area contributed by atoms with Crippen LogP contribution in [0.3, 0.4) is 0 Å². The summed E-state index contributed by atoms with van der Waals surface area (Å²) in [5, 5.41) is 9.13. The first kappa shape index (κ1) is 17.8. The van der Waals surface area contributed by atoms with Gasteiger partial charge in [0.25, 0.3) is 5.91 Å². The maximum absolute atomic E-state index is 14.4. The molecule has 150 valence electrons. The molecule has 0 spiro atoms. The normalized spacial score (nSPS) is 30.0. The molecule has 2 saturated carbocycles. The lowest BCUT2D eigenvalue weighted by molar-refractivity contribution is -0.123. The summed E-state index contributed by atoms with van der Waals surface area (Å²) in [7, 11) is 0. The SMILES string of the molecule is NC(=O)[C@H]1[C@H]2C[C@H]3CNC(=O)c4cccc(c4)Nc4ncc(F)c(n4)N[C@@H]1[C@@H]3C2. The van der Waals surface area contributed by atoms with E-state index in [0.717, 1.165) is 19.0 Å². The van der Waals surface area contributed by atoms with Gasteiger partial charge in [-0.25, -0.2) is 9.37 Å². The van der Waals surface area contributed by atoms with Crippen LogP contribution in [-0.4, -0.2) is 34.4 Å². The first-order chi connectivity index (χ1) is 14.0. The van der Waals surface area contributed by atoms with E-state index in [0.29, 0.717) is 17.8 Å². The molecule has 8 nitrogen and oxygen atoms in total. The molecule has 6 bridgehead atoms. The number of anilines is 3. The van der Waals surface area contributed by atoms with Gasteiger partial charge in [-0.1, -0.05) is 6.07 Å². The van der Waals surface area contributed by atoms with Gasteiger partial charge in [-0.3, -0.25) is 9.59 Å². The number of carbonyl (C=O) groups excluding carboxylic acids is 2. The Labute approximate surface area is 166 Å². The van der Waals surface area contributed by atoms with Crippen LogP contribution in [0, 0.1) is 29.5 Å². The van der Waals surface area contributed by atoms with Crippen molar-refractivity contribution in [1.82, 2.24) is 15.3 Å². The minimum Gasteiger partial charge on any atom is -0.369 e. The fourth-order valence-corrected chi connectivity index (χ4v) is 5.21. The number of hydrogen-bond acceptors (Lipinski definition) is 6. The summed E-state index contributed by atoms with van der Waals surface area (Å²) in [6.45, 7) is 0.499. The number of nitrogens with two attached hydrogens (primary N) is 1. The lowest BCUT2D eigenvalue weighted by Crippen LogP contribution is -2.47. The van der Waals surface area contributed by atoms with Gasteiger partial charge in [0.05, 0.1) is 12.1 Å². The summed E-state index contributed by atoms with van der Waals surface area (Å²) in [6.07, 6.45) is 2.72. The molecule has 2 heterocycles. The molecule has 5 N–H and O–H groups in total. The number of fused-ring (bicyclic) bond motifs is 5. The first-order valence-corrected chi connectivity index (χ1v) is 9.73. The highest BCUT2D eigenvalue weighted by molar-refractivity contribution is 5.95. The van der Waals surface area contributed by atoms with E-state index in [2.05, 4.69) is 25.9 Å². The predicted molar refractivity (Wildman–Crippen MR) is 104 cm³/mol. The number of halogens is 1. The molecule has 0 unspecified atom stereocenters. The van der Waals surface area contributed by atoms with Crippen LogP contribution in [0.15, 0.2) is 30.5 Å². The summed E-state index contributed by atoms with van der Waals surface area (Å²) in [6, 6.07) is 6.64. The Balaban J connectivity index is 1.56. The highest BCUT2D eigenvalue weighted by atomic mass is 19.1. The lowest BCUT2D eigenvalue weighted by atomic mass is 9.77. The van der Waals surface area contributed by atoms with Gasteiger partial charge in [0.1, 0.15) is 0 Å². The van der Waals surface area contributed by atoms with Crippen molar-refractivity contribution in [2.24, 2.45) is 29.4 Å². The quantitative estimate of drug-likeness (QED) is 0.581. The maximum atomic E-state index is 14.4. The second-order valence-corrected chi connectivity index (χ2v) is 8.06. The third-order valence-corrected chi connectivity index (χ3v) is 6.42. The van der Waals surface area contributed by atoms with E-state index in [1.54, 1.807) is 24.3 Å². The van der Waals surface area contributed by atoms with Crippen LogP contribution in [0.25, 0.3) is 0 Å². The van der Waals surface area contributed by atoms with Gasteiger partial charge >= 0.3 is 0 Å². The second-order valence-electron chi connectivity index (χ2n) is 8.06. The minimum atomic E-state index is -0.591. The molecule has 2 aliphatic carbocycles. The second kappa shape index (κ2) is 6.68. The third-order valence-electron chi connectivity index (χ3n) is 6.42. The van der Waals surface area contributed by atoms with Crippen LogP contribution < -0.4 is 21.7 Å². The molecule has 1 aromatic carbocycles. The average molecular weight is 396 g/mol. The molecule has 29 heavy (non-hydrogen) atoms. The molecule has 2 amide bonds. The number of hydrogen-bond donors (Lipinski definition) is 4. The summed E-state index contributed by atoms with van der Waals surface area (Å²) in [4.78, 5) is 33.0. The summed E-state index contributed by atoms with van der Waals surface area (Å²) >= 11 is 0. The smallest absolute Gasteiger partial charge is 0.251 e. The minimum absolute atomic E-state index is 0.0438. The monoisotopic (exact) mass is 396 g/mol. The van der Waals surface area contributed by atoms with Gasteiger partial charge in [-0.15, -0.1) is 0 Å². The van der Waals surface area contributed by atoms with Gasteiger partial charge in [0.2, 0.25) is 11.9 Å². The molecule has 3 aliphatic rings. The van der Waals surface area contributed by atoms with Crippen LogP contribution in [-0.2, 0) is 4.79 Å². The molecule has 1 aliphatic heterocycles. The predicted octanol–water partition coefficient (Wildman–Crippen LogP) is 1.64. The Kier molecular flexibility index (Phi) is 4.11. The zero-order valence-corrected chi connectivity index (χ0v) is 15.6. The largest absolute Gasteiger partial charge is 0.369 e. The fraction of sp³-hybridized carbons (Fsp3) is 0.400. The summed E-state index contributed by atoms with van der Waals surface area (Å²) < 4.78 is 14.4. The average Bonchev–Trinajstić information content (AvgIpc) is 3.26. The highest BCUT2D eigenvalue weighted by Gasteiger charge is 2.55. The first-order valence-electron chi connectivity index (χ1n) is 9.73. The Hall–Kier alpha value is -3.23. The van der Waals surface area contributed by atoms with E-state index in [1.807, 2.05) is 0 Å². The topological polar surface area (TPSA) is 122 Å². The van der Waals surface area contributed by atoms with Gasteiger partial charge in [-0.05, 0) is 48.8 Å². The van der Waals surface area contributed by atoms with Crippen molar-refractivity contribution in [2.45, 2.75) is 18.9 Å². The Morgan fingerprint density at radius 3 is 2.93 bits per heavy atom. The zero-order chi connectivity index (χ0) is 20.1. The van der Waals surface area contributed by atoms with Crippen LogP contribution in [0.1, 0.15) is 23.2 Å². The molecule has 9 heteroatoms. The Bertz CT molecular complexity index is 999. The van der Waals surface area contributed by atoms with Crippen LogP contribution in [0.2, 0.25) is 0 Å². The van der Waals surface area contributed by atoms with Gasteiger partial charge in [0, 0.05) is 23.8 Å². The third kappa shape index (κ3) is 3.06. The number of nitrogens with one attached hydrogen (secondary N) is 3. The number of aromatic nitrogens is 2. The van der Waals surface area contributed by atoms with Gasteiger partial charge in [0.15, 0.2) is 11.6 Å². The van der Waals surface area contributed by atoms with Gasteiger partial charge in [-0.2, -0.15) is 4.98 Å². The van der Waals surface area contributed by atoms with Gasteiger partial charge < -0.3 is 21.7 Å². The van der Waals surface area contributed by atoms with Crippen LogP contribution in [0.5, 0.6) is 0 Å². The number of benzene rings is 1. The van der Waals surface area contributed by atoms with Crippen molar-refractivity contribution in [3.8, 4) is 0 Å². The maximum Gasteiger partial charge on any atom is 0.251 e. The molecular weight excluding hydrogens is 375 g/mol. The number of rotatable bonds is 1. The number of nitrogens with zero attached hydrogens (tertiary/aromatic N) is 2. The van der Waals surface area contributed by atoms with Crippen LogP contribution in [0.4, 0.5) is 21.8 Å². The van der Waals surface area contributed by atoms with E-state index in [-0.39, 0.29) is 47.4 Å². The lowest BCUT2D eigenvalue weighted by Gasteiger charge is -2.35. The molecule has 2 fully saturated rings. The van der Waals surface area contributed by atoms with Crippen LogP contribution >= 0.6 is 0 Å². The van der Waals surface area contributed by atoms with Crippen molar-refractivity contribution < 1.29 is 14.0 Å². The van der Waals surface area contributed by atoms with E-state index in [4.69, 9.17) is 5.73 Å². The number of carbonyl (C=O) groups is 2. The van der Waals surface area contributed by atoms with E-state index in [9.17, 15) is 14.0 Å². The van der Waals surface area contributed by atoms with E-state index in [1.165, 1.54) is 0 Å².